The molecule has 1 N–H and O–H groups in total. The minimum Gasteiger partial charge on any atom is -0.507 e. The van der Waals surface area contributed by atoms with E-state index in [9.17, 15) is 5.11 Å². The van der Waals surface area contributed by atoms with Crippen LogP contribution in [0.25, 0.3) is 6.08 Å². The fourth-order valence-electron chi connectivity index (χ4n) is 1.70. The normalized spacial score (nSPS) is 13.9. The minimum atomic E-state index is 0.340. The number of ether oxygens (including phenoxy) is 1. The molecule has 1 aliphatic rings. The summed E-state index contributed by atoms with van der Waals surface area (Å²) in [6.45, 7) is 0. The first kappa shape index (κ1) is 8.17. The van der Waals surface area contributed by atoms with Gasteiger partial charge in [0.25, 0.3) is 0 Å². The summed E-state index contributed by atoms with van der Waals surface area (Å²) < 4.78 is 5.22. The van der Waals surface area contributed by atoms with Crippen molar-refractivity contribution in [2.75, 3.05) is 7.11 Å². The van der Waals surface area contributed by atoms with E-state index in [2.05, 4.69) is 6.08 Å². The number of hydrogen-bond donors (Lipinski definition) is 1. The summed E-state index contributed by atoms with van der Waals surface area (Å²) in [6.07, 6.45) is 5.99. The van der Waals surface area contributed by atoms with Crippen LogP contribution in [0, 0.1) is 0 Å². The Morgan fingerprint density at radius 2 is 2.23 bits per heavy atom. The minimum absolute atomic E-state index is 0.340. The van der Waals surface area contributed by atoms with Crippen LogP contribution in [-0.2, 0) is 6.42 Å². The van der Waals surface area contributed by atoms with Gasteiger partial charge >= 0.3 is 0 Å². The zero-order chi connectivity index (χ0) is 9.26. The van der Waals surface area contributed by atoms with Crippen LogP contribution in [-0.4, -0.2) is 12.2 Å². The highest BCUT2D eigenvalue weighted by atomic mass is 16.5. The van der Waals surface area contributed by atoms with Crippen molar-refractivity contribution >= 4 is 6.08 Å². The SMILES string of the molecule is COc1ccc(O)c2c1CCC=C2. The summed E-state index contributed by atoms with van der Waals surface area (Å²) in [4.78, 5) is 0. The molecule has 13 heavy (non-hydrogen) atoms. The Morgan fingerprint density at radius 3 is 3.00 bits per heavy atom. The van der Waals surface area contributed by atoms with Crippen molar-refractivity contribution in [1.29, 1.82) is 0 Å². The fourth-order valence-corrected chi connectivity index (χ4v) is 1.70. The van der Waals surface area contributed by atoms with Crippen LogP contribution in [0.4, 0.5) is 0 Å². The summed E-state index contributed by atoms with van der Waals surface area (Å²) in [6, 6.07) is 3.49. The second-order valence-corrected chi connectivity index (χ2v) is 3.12. The number of hydrogen-bond acceptors (Lipinski definition) is 2. The Hall–Kier alpha value is -1.44. The van der Waals surface area contributed by atoms with E-state index in [1.807, 2.05) is 12.1 Å². The van der Waals surface area contributed by atoms with Crippen LogP contribution in [0.3, 0.4) is 0 Å². The number of benzene rings is 1. The lowest BCUT2D eigenvalue weighted by atomic mass is 9.96. The van der Waals surface area contributed by atoms with Crippen LogP contribution in [0.5, 0.6) is 11.5 Å². The van der Waals surface area contributed by atoms with Crippen molar-refractivity contribution < 1.29 is 9.84 Å². The molecule has 0 saturated carbocycles. The molecular weight excluding hydrogens is 164 g/mol. The van der Waals surface area contributed by atoms with Gasteiger partial charge < -0.3 is 9.84 Å². The highest BCUT2D eigenvalue weighted by Gasteiger charge is 2.13. The molecule has 0 bridgehead atoms. The van der Waals surface area contributed by atoms with Gasteiger partial charge in [0.05, 0.1) is 7.11 Å². The van der Waals surface area contributed by atoms with Gasteiger partial charge in [-0.1, -0.05) is 12.2 Å². The zero-order valence-electron chi connectivity index (χ0n) is 7.58. The van der Waals surface area contributed by atoms with Gasteiger partial charge in [0.15, 0.2) is 0 Å². The molecule has 0 heterocycles. The van der Waals surface area contributed by atoms with E-state index in [0.29, 0.717) is 5.75 Å². The number of allylic oxidation sites excluding steroid dienone is 1. The second kappa shape index (κ2) is 3.13. The quantitative estimate of drug-likeness (QED) is 0.711. The lowest BCUT2D eigenvalue weighted by Gasteiger charge is -2.15. The van der Waals surface area contributed by atoms with E-state index in [1.54, 1.807) is 13.2 Å². The second-order valence-electron chi connectivity index (χ2n) is 3.12. The maximum atomic E-state index is 9.57. The maximum absolute atomic E-state index is 9.57. The molecule has 0 unspecified atom stereocenters. The monoisotopic (exact) mass is 176 g/mol. The summed E-state index contributed by atoms with van der Waals surface area (Å²) in [5, 5.41) is 9.57. The van der Waals surface area contributed by atoms with Gasteiger partial charge in [-0.05, 0) is 25.0 Å². The molecule has 0 atom stereocenters. The van der Waals surface area contributed by atoms with Crippen molar-refractivity contribution in [3.05, 3.63) is 29.3 Å². The third kappa shape index (κ3) is 1.28. The van der Waals surface area contributed by atoms with Gasteiger partial charge in [0.1, 0.15) is 11.5 Å². The first-order valence-corrected chi connectivity index (χ1v) is 4.38. The molecule has 68 valence electrons. The molecule has 0 aromatic heterocycles. The summed E-state index contributed by atoms with van der Waals surface area (Å²) in [7, 11) is 1.66. The molecule has 2 rings (SSSR count). The summed E-state index contributed by atoms with van der Waals surface area (Å²) in [5.74, 6) is 1.21. The highest BCUT2D eigenvalue weighted by Crippen LogP contribution is 2.34. The van der Waals surface area contributed by atoms with E-state index >= 15 is 0 Å². The van der Waals surface area contributed by atoms with E-state index in [0.717, 1.165) is 29.7 Å². The number of phenols is 1. The van der Waals surface area contributed by atoms with E-state index < -0.39 is 0 Å². The average Bonchev–Trinajstić information content (AvgIpc) is 2.19. The fraction of sp³-hybridized carbons (Fsp3) is 0.273. The molecule has 0 fully saturated rings. The van der Waals surface area contributed by atoms with Gasteiger partial charge in [0.2, 0.25) is 0 Å². The summed E-state index contributed by atoms with van der Waals surface area (Å²) in [5.41, 5.74) is 2.02. The van der Waals surface area contributed by atoms with E-state index in [-0.39, 0.29) is 0 Å². The number of phenolic OH excluding ortho intramolecular Hbond substituents is 1. The lowest BCUT2D eigenvalue weighted by molar-refractivity contribution is 0.406. The predicted molar refractivity (Wildman–Crippen MR) is 52.0 cm³/mol. The molecule has 0 aliphatic heterocycles. The van der Waals surface area contributed by atoms with Crippen LogP contribution in [0.2, 0.25) is 0 Å². The van der Waals surface area contributed by atoms with Crippen molar-refractivity contribution in [1.82, 2.24) is 0 Å². The Bertz CT molecular complexity index is 353. The molecule has 0 saturated heterocycles. The van der Waals surface area contributed by atoms with Crippen molar-refractivity contribution in [2.24, 2.45) is 0 Å². The van der Waals surface area contributed by atoms with Crippen LogP contribution in [0.1, 0.15) is 17.5 Å². The Morgan fingerprint density at radius 1 is 1.38 bits per heavy atom. The van der Waals surface area contributed by atoms with Crippen LogP contribution >= 0.6 is 0 Å². The molecule has 0 spiro atoms. The smallest absolute Gasteiger partial charge is 0.123 e. The van der Waals surface area contributed by atoms with E-state index in [4.69, 9.17) is 4.74 Å². The molecule has 0 radical (unpaired) electrons. The predicted octanol–water partition coefficient (Wildman–Crippen LogP) is 2.36. The standard InChI is InChI=1S/C11H12O2/c1-13-11-7-6-10(12)8-4-2-3-5-9(8)11/h2,4,6-7,12H,3,5H2,1H3. The Labute approximate surface area is 77.5 Å². The Kier molecular flexibility index (Phi) is 1.97. The molecule has 2 heteroatoms. The Balaban J connectivity index is 2.61. The molecular formula is C11H12O2. The third-order valence-electron chi connectivity index (χ3n) is 2.36. The number of methoxy groups -OCH3 is 1. The highest BCUT2D eigenvalue weighted by molar-refractivity contribution is 5.66. The van der Waals surface area contributed by atoms with Crippen molar-refractivity contribution in [2.45, 2.75) is 12.8 Å². The number of aromatic hydroxyl groups is 1. The lowest BCUT2D eigenvalue weighted by Crippen LogP contribution is -1.98. The third-order valence-corrected chi connectivity index (χ3v) is 2.36. The molecule has 1 aromatic carbocycles. The summed E-state index contributed by atoms with van der Waals surface area (Å²) >= 11 is 0. The molecule has 0 amide bonds. The van der Waals surface area contributed by atoms with Gasteiger partial charge in [0, 0.05) is 11.1 Å². The van der Waals surface area contributed by atoms with Crippen LogP contribution < -0.4 is 4.74 Å². The maximum Gasteiger partial charge on any atom is 0.123 e. The van der Waals surface area contributed by atoms with Gasteiger partial charge in [-0.15, -0.1) is 0 Å². The van der Waals surface area contributed by atoms with Crippen molar-refractivity contribution in [3.8, 4) is 11.5 Å². The number of fused-ring (bicyclic) bond motifs is 1. The van der Waals surface area contributed by atoms with Crippen molar-refractivity contribution in [3.63, 3.8) is 0 Å². The average molecular weight is 176 g/mol. The first-order chi connectivity index (χ1) is 6.33. The largest absolute Gasteiger partial charge is 0.507 e. The van der Waals surface area contributed by atoms with Gasteiger partial charge in [-0.3, -0.25) is 0 Å². The van der Waals surface area contributed by atoms with Gasteiger partial charge in [-0.25, -0.2) is 0 Å². The number of rotatable bonds is 1. The van der Waals surface area contributed by atoms with Crippen LogP contribution in [0.15, 0.2) is 18.2 Å². The molecule has 2 nitrogen and oxygen atoms in total. The first-order valence-electron chi connectivity index (χ1n) is 4.38. The molecule has 1 aromatic rings. The topological polar surface area (TPSA) is 29.5 Å². The molecule has 1 aliphatic carbocycles. The van der Waals surface area contributed by atoms with E-state index in [1.165, 1.54) is 0 Å². The van der Waals surface area contributed by atoms with Gasteiger partial charge in [-0.2, -0.15) is 0 Å². The zero-order valence-corrected chi connectivity index (χ0v) is 7.58.